The fourth-order valence-electron chi connectivity index (χ4n) is 3.36. The minimum absolute atomic E-state index is 0.0979. The quantitative estimate of drug-likeness (QED) is 0.156. The highest BCUT2D eigenvalue weighted by molar-refractivity contribution is 5.95. The predicted octanol–water partition coefficient (Wildman–Crippen LogP) is 3.37. The highest BCUT2D eigenvalue weighted by Crippen LogP contribution is 2.38. The van der Waals surface area contributed by atoms with Gasteiger partial charge in [0.2, 0.25) is 5.91 Å². The van der Waals surface area contributed by atoms with Gasteiger partial charge in [-0.05, 0) is 35.9 Å². The minimum Gasteiger partial charge on any atom is -0.493 e. The van der Waals surface area contributed by atoms with E-state index in [1.54, 1.807) is 24.3 Å². The molecular formula is C24H25N5O5. The van der Waals surface area contributed by atoms with E-state index in [0.717, 1.165) is 5.56 Å². The number of ether oxygens (including phenoxy) is 2. The second-order valence-electron chi connectivity index (χ2n) is 7.29. The molecule has 176 valence electrons. The number of nitro groups is 1. The van der Waals surface area contributed by atoms with Gasteiger partial charge in [-0.3, -0.25) is 20.3 Å². The molecule has 10 heteroatoms. The second kappa shape index (κ2) is 10.8. The Morgan fingerprint density at radius 3 is 2.24 bits per heavy atom. The van der Waals surface area contributed by atoms with E-state index < -0.39 is 16.9 Å². The highest BCUT2D eigenvalue weighted by Gasteiger charge is 2.30. The summed E-state index contributed by atoms with van der Waals surface area (Å²) in [5.74, 6) is -0.154. The fourth-order valence-corrected chi connectivity index (χ4v) is 3.36. The number of nitrogen functional groups attached to an aromatic ring is 1. The van der Waals surface area contributed by atoms with Crippen molar-refractivity contribution in [1.82, 2.24) is 5.32 Å². The molecule has 0 fully saturated rings. The van der Waals surface area contributed by atoms with Crippen LogP contribution in [0.25, 0.3) is 0 Å². The van der Waals surface area contributed by atoms with E-state index in [9.17, 15) is 14.9 Å². The summed E-state index contributed by atoms with van der Waals surface area (Å²) in [7, 11) is 2.78. The maximum absolute atomic E-state index is 13.3. The summed E-state index contributed by atoms with van der Waals surface area (Å²) in [4.78, 5) is 24.6. The zero-order valence-electron chi connectivity index (χ0n) is 18.7. The van der Waals surface area contributed by atoms with E-state index in [4.69, 9.17) is 20.6 Å². The Bertz CT molecular complexity index is 1180. The Hall–Kier alpha value is -4.60. The van der Waals surface area contributed by atoms with Crippen molar-refractivity contribution in [3.63, 3.8) is 0 Å². The van der Waals surface area contributed by atoms with Crippen molar-refractivity contribution < 1.29 is 19.2 Å². The maximum atomic E-state index is 13.3. The van der Waals surface area contributed by atoms with Crippen LogP contribution in [0.2, 0.25) is 0 Å². The molecule has 0 radical (unpaired) electrons. The molecule has 0 saturated carbocycles. The average Bonchev–Trinajstić information content (AvgIpc) is 2.85. The summed E-state index contributed by atoms with van der Waals surface area (Å²) in [5.41, 5.74) is 7.20. The fraction of sp³-hybridized carbons (Fsp3) is 0.167. The Labute approximate surface area is 196 Å². The summed E-state index contributed by atoms with van der Waals surface area (Å²) in [5, 5.41) is 25.3. The average molecular weight is 463 g/mol. The van der Waals surface area contributed by atoms with E-state index in [1.165, 1.54) is 26.4 Å². The van der Waals surface area contributed by atoms with E-state index in [1.807, 2.05) is 30.3 Å². The van der Waals surface area contributed by atoms with Crippen molar-refractivity contribution in [1.29, 1.82) is 5.41 Å². The third-order valence-corrected chi connectivity index (χ3v) is 5.12. The van der Waals surface area contributed by atoms with E-state index in [2.05, 4.69) is 10.6 Å². The Balaban J connectivity index is 2.02. The standard InChI is InChI=1S/C24H25N5O5/c1-33-20-12-18(19(29(31)32)13-21(20)34-2)22(24(30)27-14-15-6-4-3-5-7-15)28-17-10-8-16(9-11-17)23(25)26/h3-13,22,28H,14H2,1-2H3,(H3,25,26)(H,27,30)/t22-/m0/s1. The van der Waals surface area contributed by atoms with E-state index in [0.29, 0.717) is 11.3 Å². The number of methoxy groups -OCH3 is 2. The third-order valence-electron chi connectivity index (χ3n) is 5.12. The Morgan fingerprint density at radius 1 is 1.06 bits per heavy atom. The molecule has 0 saturated heterocycles. The number of carbonyl (C=O) groups excluding carboxylic acids is 1. The number of hydrogen-bond donors (Lipinski definition) is 4. The van der Waals surface area contributed by atoms with Gasteiger partial charge in [-0.1, -0.05) is 30.3 Å². The molecule has 0 aliphatic rings. The topological polar surface area (TPSA) is 153 Å². The van der Waals surface area contributed by atoms with Gasteiger partial charge < -0.3 is 25.8 Å². The lowest BCUT2D eigenvalue weighted by atomic mass is 10.0. The van der Waals surface area contributed by atoms with Gasteiger partial charge in [-0.25, -0.2) is 0 Å². The number of nitro benzene ring substituents is 1. The largest absolute Gasteiger partial charge is 0.493 e. The number of amides is 1. The minimum atomic E-state index is -1.13. The molecular weight excluding hydrogens is 438 g/mol. The van der Waals surface area contributed by atoms with E-state index >= 15 is 0 Å². The summed E-state index contributed by atoms with van der Waals surface area (Å²) < 4.78 is 10.5. The van der Waals surface area contributed by atoms with Gasteiger partial charge in [0.15, 0.2) is 11.5 Å². The van der Waals surface area contributed by atoms with Crippen LogP contribution in [-0.4, -0.2) is 30.9 Å². The van der Waals surface area contributed by atoms with Crippen LogP contribution in [0.5, 0.6) is 11.5 Å². The number of nitrogens with one attached hydrogen (secondary N) is 3. The number of nitrogens with zero attached hydrogens (tertiary/aromatic N) is 1. The number of nitrogens with two attached hydrogens (primary N) is 1. The van der Waals surface area contributed by atoms with Crippen molar-refractivity contribution in [3.05, 3.63) is 93.5 Å². The first-order chi connectivity index (χ1) is 16.3. The summed E-state index contributed by atoms with van der Waals surface area (Å²) >= 11 is 0. The van der Waals surface area contributed by atoms with Crippen LogP contribution < -0.4 is 25.8 Å². The van der Waals surface area contributed by atoms with Gasteiger partial charge in [-0.15, -0.1) is 0 Å². The number of benzene rings is 3. The Morgan fingerprint density at radius 2 is 1.68 bits per heavy atom. The van der Waals surface area contributed by atoms with Crippen LogP contribution >= 0.6 is 0 Å². The van der Waals surface area contributed by atoms with E-state index in [-0.39, 0.29) is 35.1 Å². The number of hydrogen-bond acceptors (Lipinski definition) is 7. The molecule has 1 atom stereocenters. The normalized spacial score (nSPS) is 11.2. The molecule has 1 amide bonds. The SMILES string of the molecule is COc1cc([C@H](Nc2ccc(C(=N)N)cc2)C(=O)NCc2ccccc2)c([N+](=O)[O-])cc1OC. The third kappa shape index (κ3) is 5.60. The van der Waals surface area contributed by atoms with Crippen LogP contribution in [0, 0.1) is 15.5 Å². The summed E-state index contributed by atoms with van der Waals surface area (Å²) in [6.07, 6.45) is 0. The lowest BCUT2D eigenvalue weighted by Crippen LogP contribution is -2.33. The van der Waals surface area contributed by atoms with Gasteiger partial charge in [-0.2, -0.15) is 0 Å². The number of anilines is 1. The van der Waals surface area contributed by atoms with Crippen LogP contribution in [0.1, 0.15) is 22.7 Å². The first-order valence-corrected chi connectivity index (χ1v) is 10.3. The first-order valence-electron chi connectivity index (χ1n) is 10.3. The Kier molecular flexibility index (Phi) is 7.65. The van der Waals surface area contributed by atoms with Crippen LogP contribution in [0.3, 0.4) is 0 Å². The molecule has 0 unspecified atom stereocenters. The molecule has 0 aliphatic heterocycles. The van der Waals surface area contributed by atoms with Crippen molar-refractivity contribution in [2.45, 2.75) is 12.6 Å². The molecule has 0 bridgehead atoms. The van der Waals surface area contributed by atoms with Crippen LogP contribution in [0.15, 0.2) is 66.7 Å². The molecule has 0 heterocycles. The molecule has 5 N–H and O–H groups in total. The lowest BCUT2D eigenvalue weighted by molar-refractivity contribution is -0.385. The van der Waals surface area contributed by atoms with Gasteiger partial charge in [0, 0.05) is 17.8 Å². The van der Waals surface area contributed by atoms with Crippen molar-refractivity contribution in [2.24, 2.45) is 5.73 Å². The zero-order valence-corrected chi connectivity index (χ0v) is 18.7. The molecule has 0 aliphatic carbocycles. The predicted molar refractivity (Wildman–Crippen MR) is 128 cm³/mol. The van der Waals surface area contributed by atoms with Gasteiger partial charge in [0.1, 0.15) is 11.9 Å². The molecule has 3 aromatic carbocycles. The number of carbonyl (C=O) groups is 1. The molecule has 3 aromatic rings. The van der Waals surface area contributed by atoms with Crippen molar-refractivity contribution in [3.8, 4) is 11.5 Å². The number of rotatable bonds is 10. The molecule has 10 nitrogen and oxygen atoms in total. The summed E-state index contributed by atoms with van der Waals surface area (Å²) in [6.45, 7) is 0.238. The van der Waals surface area contributed by atoms with Gasteiger partial charge >= 0.3 is 0 Å². The monoisotopic (exact) mass is 463 g/mol. The molecule has 0 spiro atoms. The number of amidine groups is 1. The zero-order chi connectivity index (χ0) is 24.7. The van der Waals surface area contributed by atoms with Crippen LogP contribution in [0.4, 0.5) is 11.4 Å². The maximum Gasteiger partial charge on any atom is 0.279 e. The summed E-state index contributed by atoms with van der Waals surface area (Å²) in [6, 6.07) is 17.3. The first kappa shape index (κ1) is 24.1. The van der Waals surface area contributed by atoms with Crippen molar-refractivity contribution in [2.75, 3.05) is 19.5 Å². The van der Waals surface area contributed by atoms with Crippen molar-refractivity contribution >= 4 is 23.1 Å². The van der Waals surface area contributed by atoms with Crippen LogP contribution in [-0.2, 0) is 11.3 Å². The second-order valence-corrected chi connectivity index (χ2v) is 7.29. The molecule has 3 rings (SSSR count). The smallest absolute Gasteiger partial charge is 0.279 e. The van der Waals surface area contributed by atoms with Gasteiger partial charge in [0.25, 0.3) is 5.69 Å². The highest BCUT2D eigenvalue weighted by atomic mass is 16.6. The lowest BCUT2D eigenvalue weighted by Gasteiger charge is -2.21. The van der Waals surface area contributed by atoms with Gasteiger partial charge in [0.05, 0.1) is 30.8 Å². The molecule has 0 aromatic heterocycles. The molecule has 34 heavy (non-hydrogen) atoms.